The van der Waals surface area contributed by atoms with Crippen LogP contribution in [0.15, 0.2) is 97.5 Å². The van der Waals surface area contributed by atoms with Crippen LogP contribution in [-0.4, -0.2) is 29.8 Å². The van der Waals surface area contributed by atoms with Crippen LogP contribution in [0.25, 0.3) is 21.9 Å². The van der Waals surface area contributed by atoms with E-state index in [0.29, 0.717) is 17.4 Å². The maximum Gasteiger partial charge on any atom is 0.291 e. The summed E-state index contributed by atoms with van der Waals surface area (Å²) >= 11 is 6.28. The van der Waals surface area contributed by atoms with Gasteiger partial charge in [-0.05, 0) is 60.5 Å². The summed E-state index contributed by atoms with van der Waals surface area (Å²) in [5.41, 5.74) is 4.48. The molecular weight excluding hydrogens is 484 g/mol. The van der Waals surface area contributed by atoms with Crippen molar-refractivity contribution in [2.45, 2.75) is 26.1 Å². The number of imidazole rings is 1. The summed E-state index contributed by atoms with van der Waals surface area (Å²) in [6, 6.07) is 25.5. The lowest BCUT2D eigenvalue weighted by Crippen LogP contribution is -2.18. The van der Waals surface area contributed by atoms with Gasteiger partial charge in [-0.15, -0.1) is 0 Å². The average molecular weight is 509 g/mol. The van der Waals surface area contributed by atoms with Gasteiger partial charge in [0.1, 0.15) is 0 Å². The van der Waals surface area contributed by atoms with Gasteiger partial charge in [-0.2, -0.15) is 5.10 Å². The van der Waals surface area contributed by atoms with Crippen LogP contribution >= 0.6 is 11.6 Å². The van der Waals surface area contributed by atoms with Crippen molar-refractivity contribution in [1.82, 2.24) is 23.9 Å². The summed E-state index contributed by atoms with van der Waals surface area (Å²) in [4.78, 5) is 18.1. The Morgan fingerprint density at radius 1 is 0.892 bits per heavy atom. The van der Waals surface area contributed by atoms with E-state index in [1.807, 2.05) is 82.2 Å². The number of fused-ring (bicyclic) bond motifs is 2. The third-order valence-electron chi connectivity index (χ3n) is 6.47. The zero-order valence-corrected chi connectivity index (χ0v) is 20.8. The number of anilines is 1. The molecule has 0 spiro atoms. The molecule has 1 N–H and O–H groups in total. The first kappa shape index (κ1) is 23.1. The van der Waals surface area contributed by atoms with Crippen LogP contribution in [0.3, 0.4) is 0 Å². The SMILES string of the molecule is O=C(Nc1ccc2c(ccn2CCCn2cccn2)c1)c1nc2ccc(Cl)cc2n1Cc1ccccc1. The normalized spacial score (nSPS) is 11.4. The Morgan fingerprint density at radius 3 is 2.62 bits per heavy atom. The summed E-state index contributed by atoms with van der Waals surface area (Å²) in [5, 5.41) is 8.99. The lowest BCUT2D eigenvalue weighted by molar-refractivity contribution is 0.101. The highest BCUT2D eigenvalue weighted by atomic mass is 35.5. The second-order valence-corrected chi connectivity index (χ2v) is 9.44. The number of hydrogen-bond donors (Lipinski definition) is 1. The highest BCUT2D eigenvalue weighted by Crippen LogP contribution is 2.25. The van der Waals surface area contributed by atoms with Gasteiger partial charge in [0, 0.05) is 59.8 Å². The number of benzene rings is 3. The summed E-state index contributed by atoms with van der Waals surface area (Å²) in [7, 11) is 0. The molecule has 0 aliphatic heterocycles. The van der Waals surface area contributed by atoms with Crippen molar-refractivity contribution in [3.63, 3.8) is 0 Å². The molecule has 0 radical (unpaired) electrons. The van der Waals surface area contributed by atoms with Crippen LogP contribution in [0, 0.1) is 0 Å². The number of aryl methyl sites for hydroxylation is 2. The molecule has 3 aromatic carbocycles. The standard InChI is InChI=1S/C29H25ClN6O/c30-23-8-10-25-27(19-23)36(20-21-6-2-1-3-7-21)28(33-25)29(37)32-24-9-11-26-22(18-24)12-17-34(26)14-5-16-35-15-4-13-31-35/h1-4,6-13,15,17-19H,5,14,16,20H2,(H,32,37). The minimum atomic E-state index is -0.263. The number of hydrogen-bond acceptors (Lipinski definition) is 3. The van der Waals surface area contributed by atoms with Crippen molar-refractivity contribution >= 4 is 45.1 Å². The third kappa shape index (κ3) is 4.86. The van der Waals surface area contributed by atoms with Gasteiger partial charge in [0.05, 0.1) is 11.0 Å². The lowest BCUT2D eigenvalue weighted by atomic mass is 10.2. The molecule has 6 aromatic rings. The first-order valence-corrected chi connectivity index (χ1v) is 12.6. The van der Waals surface area contributed by atoms with Crippen molar-refractivity contribution in [3.8, 4) is 0 Å². The Labute approximate surface area is 218 Å². The van der Waals surface area contributed by atoms with E-state index in [9.17, 15) is 4.79 Å². The minimum Gasteiger partial charge on any atom is -0.347 e. The van der Waals surface area contributed by atoms with Crippen LogP contribution in [0.4, 0.5) is 5.69 Å². The molecule has 3 heterocycles. The number of carbonyl (C=O) groups is 1. The number of nitrogens with zero attached hydrogens (tertiary/aromatic N) is 5. The van der Waals surface area contributed by atoms with Gasteiger partial charge in [-0.25, -0.2) is 4.98 Å². The minimum absolute atomic E-state index is 0.263. The first-order valence-electron chi connectivity index (χ1n) is 12.2. The van der Waals surface area contributed by atoms with Gasteiger partial charge in [0.2, 0.25) is 5.82 Å². The predicted octanol–water partition coefficient (Wildman–Crippen LogP) is 6.23. The Balaban J connectivity index is 1.24. The van der Waals surface area contributed by atoms with Crippen LogP contribution < -0.4 is 5.32 Å². The van der Waals surface area contributed by atoms with Crippen LogP contribution in [0.1, 0.15) is 22.6 Å². The van der Waals surface area contributed by atoms with Crippen LogP contribution in [0.2, 0.25) is 5.02 Å². The highest BCUT2D eigenvalue weighted by molar-refractivity contribution is 6.31. The van der Waals surface area contributed by atoms with Crippen molar-refractivity contribution in [2.75, 3.05) is 5.32 Å². The molecule has 0 saturated heterocycles. The highest BCUT2D eigenvalue weighted by Gasteiger charge is 2.19. The second kappa shape index (κ2) is 9.95. The monoisotopic (exact) mass is 508 g/mol. The Bertz CT molecular complexity index is 1680. The molecule has 0 aliphatic carbocycles. The van der Waals surface area contributed by atoms with Crippen LogP contribution in [-0.2, 0) is 19.6 Å². The van der Waals surface area contributed by atoms with E-state index in [4.69, 9.17) is 11.6 Å². The van der Waals surface area contributed by atoms with Crippen molar-refractivity contribution < 1.29 is 4.79 Å². The molecule has 3 aromatic heterocycles. The zero-order valence-electron chi connectivity index (χ0n) is 20.1. The molecule has 37 heavy (non-hydrogen) atoms. The summed E-state index contributed by atoms with van der Waals surface area (Å²) in [5.74, 6) is 0.0821. The molecule has 0 saturated carbocycles. The van der Waals surface area contributed by atoms with Crippen LogP contribution in [0.5, 0.6) is 0 Å². The van der Waals surface area contributed by atoms with E-state index in [2.05, 4.69) is 32.2 Å². The van der Waals surface area contributed by atoms with Gasteiger partial charge < -0.3 is 14.5 Å². The average Bonchev–Trinajstić information content (AvgIpc) is 3.65. The van der Waals surface area contributed by atoms with Crippen molar-refractivity contribution in [3.05, 3.63) is 114 Å². The molecule has 0 atom stereocenters. The molecule has 6 rings (SSSR count). The second-order valence-electron chi connectivity index (χ2n) is 9.00. The van der Waals surface area contributed by atoms with E-state index in [1.54, 1.807) is 12.3 Å². The zero-order chi connectivity index (χ0) is 25.2. The Kier molecular flexibility index (Phi) is 6.20. The molecule has 0 fully saturated rings. The quantitative estimate of drug-likeness (QED) is 0.265. The molecule has 0 aliphatic rings. The van der Waals surface area contributed by atoms with Crippen molar-refractivity contribution in [1.29, 1.82) is 0 Å². The lowest BCUT2D eigenvalue weighted by Gasteiger charge is -2.11. The van der Waals surface area contributed by atoms with Gasteiger partial charge in [0.25, 0.3) is 5.91 Å². The molecule has 8 heteroatoms. The summed E-state index contributed by atoms with van der Waals surface area (Å²) < 4.78 is 6.09. The maximum absolute atomic E-state index is 13.4. The summed E-state index contributed by atoms with van der Waals surface area (Å²) in [6.07, 6.45) is 6.84. The van der Waals surface area contributed by atoms with E-state index in [1.165, 1.54) is 0 Å². The number of amides is 1. The van der Waals surface area contributed by atoms with Gasteiger partial charge in [-0.3, -0.25) is 9.48 Å². The Morgan fingerprint density at radius 2 is 1.78 bits per heavy atom. The van der Waals surface area contributed by atoms with E-state index in [0.717, 1.165) is 52.7 Å². The smallest absolute Gasteiger partial charge is 0.291 e. The van der Waals surface area contributed by atoms with Gasteiger partial charge in [-0.1, -0.05) is 41.9 Å². The number of carbonyl (C=O) groups excluding carboxylic acids is 1. The molecule has 0 unspecified atom stereocenters. The fourth-order valence-corrected chi connectivity index (χ4v) is 4.86. The van der Waals surface area contributed by atoms with E-state index < -0.39 is 0 Å². The van der Waals surface area contributed by atoms with E-state index >= 15 is 0 Å². The molecule has 184 valence electrons. The van der Waals surface area contributed by atoms with Crippen molar-refractivity contribution in [2.24, 2.45) is 0 Å². The molecule has 0 bridgehead atoms. The molecule has 1 amide bonds. The fraction of sp³-hybridized carbons (Fsp3) is 0.138. The maximum atomic E-state index is 13.4. The predicted molar refractivity (Wildman–Crippen MR) is 147 cm³/mol. The summed E-state index contributed by atoms with van der Waals surface area (Å²) in [6.45, 7) is 2.28. The number of aromatic nitrogens is 5. The topological polar surface area (TPSA) is 69.7 Å². The van der Waals surface area contributed by atoms with Gasteiger partial charge in [0.15, 0.2) is 0 Å². The Hall–Kier alpha value is -4.36. The molecular formula is C29H25ClN6O. The van der Waals surface area contributed by atoms with E-state index in [-0.39, 0.29) is 5.91 Å². The number of halogens is 1. The van der Waals surface area contributed by atoms with Gasteiger partial charge >= 0.3 is 0 Å². The number of nitrogens with one attached hydrogen (secondary N) is 1. The fourth-order valence-electron chi connectivity index (χ4n) is 4.69. The third-order valence-corrected chi connectivity index (χ3v) is 6.71. The molecule has 7 nitrogen and oxygen atoms in total. The number of rotatable bonds is 8. The largest absolute Gasteiger partial charge is 0.347 e. The first-order chi connectivity index (χ1) is 18.1.